The van der Waals surface area contributed by atoms with Gasteiger partial charge in [0.25, 0.3) is 0 Å². The van der Waals surface area contributed by atoms with Gasteiger partial charge < -0.3 is 5.41 Å². The molecule has 3 aliphatic rings. The molecule has 9 aromatic carbocycles. The minimum atomic E-state index is -0.452. The molecular formula is C66H53N. The fourth-order valence-corrected chi connectivity index (χ4v) is 11.2. The summed E-state index contributed by atoms with van der Waals surface area (Å²) in [6.07, 6.45) is 9.36. The van der Waals surface area contributed by atoms with Gasteiger partial charge in [-0.3, -0.25) is 0 Å². The average Bonchev–Trinajstić information content (AvgIpc) is 3.70. The van der Waals surface area contributed by atoms with E-state index in [1.807, 2.05) is 6.07 Å². The van der Waals surface area contributed by atoms with Crippen LogP contribution in [0.1, 0.15) is 87.9 Å². The molecule has 12 rings (SSSR count). The van der Waals surface area contributed by atoms with Crippen LogP contribution in [-0.4, -0.2) is 6.21 Å². The van der Waals surface area contributed by atoms with Gasteiger partial charge in [-0.1, -0.05) is 244 Å². The van der Waals surface area contributed by atoms with Gasteiger partial charge in [0.1, 0.15) is 0 Å². The minimum absolute atomic E-state index is 0.131. The quantitative estimate of drug-likeness (QED) is 0.154. The van der Waals surface area contributed by atoms with E-state index >= 15 is 0 Å². The molecule has 0 saturated heterocycles. The summed E-state index contributed by atoms with van der Waals surface area (Å²) >= 11 is 0. The van der Waals surface area contributed by atoms with E-state index in [1.165, 1.54) is 106 Å². The van der Waals surface area contributed by atoms with Crippen molar-refractivity contribution in [3.8, 4) is 33.4 Å². The maximum atomic E-state index is 8.48. The fourth-order valence-electron chi connectivity index (χ4n) is 11.2. The van der Waals surface area contributed by atoms with E-state index in [0.717, 1.165) is 24.8 Å². The zero-order valence-corrected chi connectivity index (χ0v) is 38.2. The summed E-state index contributed by atoms with van der Waals surface area (Å²) < 4.78 is 0. The molecule has 0 bridgehead atoms. The van der Waals surface area contributed by atoms with Gasteiger partial charge in [-0.25, -0.2) is 0 Å². The lowest BCUT2D eigenvalue weighted by Gasteiger charge is -2.46. The second-order valence-electron chi connectivity index (χ2n) is 18.7. The van der Waals surface area contributed by atoms with E-state index < -0.39 is 5.41 Å². The van der Waals surface area contributed by atoms with Crippen LogP contribution in [0.5, 0.6) is 0 Å². The molecule has 0 unspecified atom stereocenters. The van der Waals surface area contributed by atoms with Crippen LogP contribution in [0.3, 0.4) is 0 Å². The normalized spacial score (nSPS) is 14.5. The monoisotopic (exact) mass is 859 g/mol. The third-order valence-corrected chi connectivity index (χ3v) is 14.5. The summed E-state index contributed by atoms with van der Waals surface area (Å²) in [5.41, 5.74) is 23.7. The topological polar surface area (TPSA) is 23.9 Å². The third-order valence-electron chi connectivity index (χ3n) is 14.5. The van der Waals surface area contributed by atoms with E-state index in [9.17, 15) is 0 Å². The standard InChI is InChI=1S/C47H37N.C19H16/c1-46(2)40-17-6-8-19-42(40)47(43-20-9-7-18-41(43)46)39-27-26-36(29-38(39)45-37(30-48)16-11-21-44(45)47)33-24-22-32(23-25-33)35-15-10-14-34(28-35)31-12-4-3-5-13-31;1-3-7-16(8-4-1)15-17-11-13-19(14-12-17)18-9-5-2-6-10-18/h3-9,11-14,16-30,48H,10,15H2,1-2H3;1-14H,15H2. The molecule has 0 saturated carbocycles. The van der Waals surface area contributed by atoms with Gasteiger partial charge in [0.05, 0.1) is 5.41 Å². The molecular weight excluding hydrogens is 807 g/mol. The van der Waals surface area contributed by atoms with Crippen molar-refractivity contribution in [2.75, 3.05) is 0 Å². The highest BCUT2D eigenvalue weighted by molar-refractivity contribution is 5.99. The molecule has 322 valence electrons. The molecule has 1 heteroatoms. The molecule has 0 radical (unpaired) electrons. The number of benzene rings is 9. The number of fused-ring (bicyclic) bond motifs is 9. The molecule has 9 aromatic rings. The van der Waals surface area contributed by atoms with Crippen LogP contribution < -0.4 is 0 Å². The predicted octanol–water partition coefficient (Wildman–Crippen LogP) is 16.6. The molecule has 0 heterocycles. The van der Waals surface area contributed by atoms with Crippen molar-refractivity contribution in [3.05, 3.63) is 298 Å². The molecule has 1 spiro atoms. The summed E-state index contributed by atoms with van der Waals surface area (Å²) in [5.74, 6) is 0. The van der Waals surface area contributed by atoms with E-state index in [4.69, 9.17) is 5.41 Å². The van der Waals surface area contributed by atoms with Crippen LogP contribution in [0.25, 0.3) is 44.5 Å². The molecule has 67 heavy (non-hydrogen) atoms. The SMILES string of the molecule is CC1(C)c2ccccc2C2(c3ccc(-c4ccc(C5=CC(c6ccccc6)=CCC5)cc4)cc3-c3c(C=N)cccc32)c2ccccc21.c1ccc(Cc2ccc(-c3ccccc3)cc2)cc1. The Bertz CT molecular complexity index is 3270. The highest BCUT2D eigenvalue weighted by atomic mass is 14.5. The summed E-state index contributed by atoms with van der Waals surface area (Å²) in [6, 6.07) is 81.4. The van der Waals surface area contributed by atoms with Gasteiger partial charge in [-0.15, -0.1) is 0 Å². The lowest BCUT2D eigenvalue weighted by molar-refractivity contribution is 0.563. The summed E-state index contributed by atoms with van der Waals surface area (Å²) in [7, 11) is 0. The lowest BCUT2D eigenvalue weighted by atomic mass is 9.55. The maximum Gasteiger partial charge on any atom is 0.0719 e. The number of hydrogen-bond donors (Lipinski definition) is 1. The zero-order chi connectivity index (χ0) is 45.4. The van der Waals surface area contributed by atoms with Crippen molar-refractivity contribution < 1.29 is 0 Å². The van der Waals surface area contributed by atoms with E-state index in [2.05, 4.69) is 244 Å². The molecule has 0 amide bonds. The molecule has 0 fully saturated rings. The first-order chi connectivity index (χ1) is 32.9. The highest BCUT2D eigenvalue weighted by Crippen LogP contribution is 2.62. The Balaban J connectivity index is 0.000000217. The number of allylic oxidation sites excluding steroid dienone is 4. The Labute approximate surface area is 396 Å². The third kappa shape index (κ3) is 7.42. The van der Waals surface area contributed by atoms with Crippen LogP contribution in [0.15, 0.2) is 237 Å². The Morgan fingerprint density at radius 2 is 0.925 bits per heavy atom. The van der Waals surface area contributed by atoms with Gasteiger partial charge in [0.15, 0.2) is 0 Å². The first kappa shape index (κ1) is 41.8. The largest absolute Gasteiger partial charge is 0.308 e. The molecule has 0 aromatic heterocycles. The van der Waals surface area contributed by atoms with Crippen molar-refractivity contribution in [2.45, 2.75) is 43.9 Å². The summed E-state index contributed by atoms with van der Waals surface area (Å²) in [5, 5.41) is 8.48. The molecule has 3 aliphatic carbocycles. The smallest absolute Gasteiger partial charge is 0.0719 e. The van der Waals surface area contributed by atoms with Crippen molar-refractivity contribution in [2.24, 2.45) is 0 Å². The Morgan fingerprint density at radius 3 is 1.57 bits per heavy atom. The van der Waals surface area contributed by atoms with Crippen LogP contribution in [0, 0.1) is 5.41 Å². The fraction of sp³-hybridized carbons (Fsp3) is 0.106. The first-order valence-electron chi connectivity index (χ1n) is 23.7. The Hall–Kier alpha value is -7.87. The number of hydrogen-bond acceptors (Lipinski definition) is 1. The summed E-state index contributed by atoms with van der Waals surface area (Å²) in [6.45, 7) is 4.72. The van der Waals surface area contributed by atoms with Crippen LogP contribution in [0.2, 0.25) is 0 Å². The minimum Gasteiger partial charge on any atom is -0.308 e. The van der Waals surface area contributed by atoms with Crippen LogP contribution in [-0.2, 0) is 17.3 Å². The van der Waals surface area contributed by atoms with Gasteiger partial charge in [-0.2, -0.15) is 0 Å². The van der Waals surface area contributed by atoms with Gasteiger partial charge >= 0.3 is 0 Å². The average molecular weight is 860 g/mol. The van der Waals surface area contributed by atoms with Gasteiger partial charge in [0, 0.05) is 17.2 Å². The van der Waals surface area contributed by atoms with E-state index in [1.54, 1.807) is 0 Å². The number of rotatable bonds is 7. The molecule has 1 N–H and O–H groups in total. The molecule has 1 nitrogen and oxygen atoms in total. The molecule has 0 atom stereocenters. The highest BCUT2D eigenvalue weighted by Gasteiger charge is 2.53. The van der Waals surface area contributed by atoms with Crippen molar-refractivity contribution >= 4 is 17.4 Å². The Morgan fingerprint density at radius 1 is 0.433 bits per heavy atom. The second-order valence-corrected chi connectivity index (χ2v) is 18.7. The van der Waals surface area contributed by atoms with Gasteiger partial charge in [-0.05, 0) is 125 Å². The van der Waals surface area contributed by atoms with E-state index in [-0.39, 0.29) is 5.41 Å². The lowest BCUT2D eigenvalue weighted by Crippen LogP contribution is -2.40. The van der Waals surface area contributed by atoms with Gasteiger partial charge in [0.2, 0.25) is 0 Å². The van der Waals surface area contributed by atoms with E-state index in [0.29, 0.717) is 0 Å². The Kier molecular flexibility index (Phi) is 10.9. The summed E-state index contributed by atoms with van der Waals surface area (Å²) in [4.78, 5) is 0. The van der Waals surface area contributed by atoms with Crippen LogP contribution >= 0.6 is 0 Å². The first-order valence-corrected chi connectivity index (χ1v) is 23.7. The molecule has 0 aliphatic heterocycles. The van der Waals surface area contributed by atoms with Crippen LogP contribution in [0.4, 0.5) is 0 Å². The second kappa shape index (κ2) is 17.5. The number of nitrogens with one attached hydrogen (secondary N) is 1. The van der Waals surface area contributed by atoms with Crippen molar-refractivity contribution in [1.82, 2.24) is 0 Å². The zero-order valence-electron chi connectivity index (χ0n) is 38.2. The van der Waals surface area contributed by atoms with Crippen molar-refractivity contribution in [1.29, 1.82) is 5.41 Å². The predicted molar refractivity (Wildman–Crippen MR) is 282 cm³/mol. The van der Waals surface area contributed by atoms with Crippen molar-refractivity contribution in [3.63, 3.8) is 0 Å². The maximum absolute atomic E-state index is 8.48.